The lowest BCUT2D eigenvalue weighted by Gasteiger charge is -2.17. The van der Waals surface area contributed by atoms with E-state index in [9.17, 15) is 0 Å². The van der Waals surface area contributed by atoms with Gasteiger partial charge in [0.1, 0.15) is 36.9 Å². The predicted molar refractivity (Wildman–Crippen MR) is 133 cm³/mol. The largest absolute Gasteiger partial charge is 0.491 e. The molecule has 34 heavy (non-hydrogen) atoms. The number of nitrogens with one attached hydrogen (secondary N) is 1. The van der Waals surface area contributed by atoms with Crippen LogP contribution in [0.25, 0.3) is 10.9 Å². The molecule has 4 aromatic rings. The molecule has 0 saturated heterocycles. The van der Waals surface area contributed by atoms with Crippen LogP contribution < -0.4 is 14.8 Å². The number of fused-ring (bicyclic) bond motifs is 1. The van der Waals surface area contributed by atoms with E-state index in [1.165, 1.54) is 6.33 Å². The summed E-state index contributed by atoms with van der Waals surface area (Å²) in [6.45, 7) is 2.19. The van der Waals surface area contributed by atoms with Crippen LogP contribution in [0.15, 0.2) is 67.1 Å². The molecule has 4 rings (SSSR count). The second-order valence-electron chi connectivity index (χ2n) is 7.63. The van der Waals surface area contributed by atoms with E-state index >= 15 is 0 Å². The second kappa shape index (κ2) is 11.6. The number of pyridine rings is 1. The van der Waals surface area contributed by atoms with Crippen LogP contribution in [0.2, 0.25) is 5.02 Å². The number of anilines is 2. The zero-order chi connectivity index (χ0) is 23.8. The van der Waals surface area contributed by atoms with E-state index in [2.05, 4.69) is 20.3 Å². The van der Waals surface area contributed by atoms with Gasteiger partial charge in [0.05, 0.1) is 28.2 Å². The first-order valence-corrected chi connectivity index (χ1v) is 11.3. The molecular weight excluding hydrogens is 454 g/mol. The Balaban J connectivity index is 1.49. The molecule has 0 fully saturated rings. The highest BCUT2D eigenvalue weighted by atomic mass is 35.5. The molecule has 0 aliphatic carbocycles. The van der Waals surface area contributed by atoms with Crippen molar-refractivity contribution in [3.63, 3.8) is 0 Å². The quantitative estimate of drug-likeness (QED) is 0.329. The molecule has 0 bridgehead atoms. The highest BCUT2D eigenvalue weighted by molar-refractivity contribution is 6.32. The zero-order valence-corrected chi connectivity index (χ0v) is 19.6. The van der Waals surface area contributed by atoms with Crippen LogP contribution in [0.1, 0.15) is 5.69 Å². The van der Waals surface area contributed by atoms with Gasteiger partial charge in [0.2, 0.25) is 0 Å². The molecule has 2 aromatic heterocycles. The topological polar surface area (TPSA) is 92.6 Å². The van der Waals surface area contributed by atoms with E-state index in [0.717, 1.165) is 22.3 Å². The predicted octanol–water partition coefficient (Wildman–Crippen LogP) is 4.30. The molecule has 0 atom stereocenters. The summed E-state index contributed by atoms with van der Waals surface area (Å²) in [5, 5.41) is 13.6. The van der Waals surface area contributed by atoms with Crippen LogP contribution in [0, 0.1) is 0 Å². The number of rotatable bonds is 11. The number of hydrogen-bond acceptors (Lipinski definition) is 8. The van der Waals surface area contributed by atoms with Gasteiger partial charge in [-0.3, -0.25) is 4.98 Å². The van der Waals surface area contributed by atoms with Crippen molar-refractivity contribution in [2.45, 2.75) is 6.61 Å². The number of nitrogens with zero attached hydrogens (tertiary/aromatic N) is 4. The van der Waals surface area contributed by atoms with Crippen molar-refractivity contribution in [1.82, 2.24) is 19.9 Å². The minimum Gasteiger partial charge on any atom is -0.491 e. The summed E-state index contributed by atoms with van der Waals surface area (Å²) < 4.78 is 11.8. The van der Waals surface area contributed by atoms with Crippen LogP contribution in [0.3, 0.4) is 0 Å². The lowest BCUT2D eigenvalue weighted by molar-refractivity contribution is 0.193. The van der Waals surface area contributed by atoms with E-state index in [-0.39, 0.29) is 6.61 Å². The number of benzene rings is 2. The fraction of sp³-hybridized carbons (Fsp3) is 0.240. The third-order valence-electron chi connectivity index (χ3n) is 5.13. The van der Waals surface area contributed by atoms with Gasteiger partial charge in [-0.25, -0.2) is 9.97 Å². The number of ether oxygens (including phenoxy) is 2. The first kappa shape index (κ1) is 23.7. The Labute approximate surface area is 203 Å². The Morgan fingerprint density at radius 1 is 0.971 bits per heavy atom. The lowest BCUT2D eigenvalue weighted by Crippen LogP contribution is -2.27. The van der Waals surface area contributed by atoms with Gasteiger partial charge >= 0.3 is 0 Å². The molecule has 0 saturated carbocycles. The van der Waals surface area contributed by atoms with Crippen LogP contribution in [0.4, 0.5) is 11.5 Å². The van der Waals surface area contributed by atoms with Gasteiger partial charge < -0.3 is 24.8 Å². The minimum atomic E-state index is 0.113. The summed E-state index contributed by atoms with van der Waals surface area (Å²) >= 11 is 6.47. The number of halogens is 1. The van der Waals surface area contributed by atoms with Crippen LogP contribution in [-0.4, -0.2) is 58.3 Å². The Bertz CT molecular complexity index is 1220. The maximum Gasteiger partial charge on any atom is 0.145 e. The third-order valence-corrected chi connectivity index (χ3v) is 5.43. The monoisotopic (exact) mass is 479 g/mol. The Morgan fingerprint density at radius 3 is 2.68 bits per heavy atom. The summed E-state index contributed by atoms with van der Waals surface area (Å²) in [5.41, 5.74) is 2.34. The molecule has 0 spiro atoms. The van der Waals surface area contributed by atoms with Crippen molar-refractivity contribution in [2.24, 2.45) is 0 Å². The average Bonchev–Trinajstić information content (AvgIpc) is 2.84. The van der Waals surface area contributed by atoms with Gasteiger partial charge in [-0.1, -0.05) is 23.7 Å². The van der Waals surface area contributed by atoms with Gasteiger partial charge in [0.25, 0.3) is 0 Å². The first-order chi connectivity index (χ1) is 16.6. The normalized spacial score (nSPS) is 11.1. The molecule has 176 valence electrons. The Kier molecular flexibility index (Phi) is 8.08. The fourth-order valence-electron chi connectivity index (χ4n) is 3.36. The fourth-order valence-corrected chi connectivity index (χ4v) is 3.59. The Hall–Kier alpha value is -3.46. The van der Waals surface area contributed by atoms with Gasteiger partial charge in [0, 0.05) is 25.0 Å². The van der Waals surface area contributed by atoms with Gasteiger partial charge in [-0.15, -0.1) is 0 Å². The second-order valence-corrected chi connectivity index (χ2v) is 8.04. The Morgan fingerprint density at radius 2 is 1.88 bits per heavy atom. The van der Waals surface area contributed by atoms with Crippen LogP contribution in [0.5, 0.6) is 11.5 Å². The third kappa shape index (κ3) is 6.11. The van der Waals surface area contributed by atoms with Crippen molar-refractivity contribution >= 4 is 34.0 Å². The molecule has 9 heteroatoms. The van der Waals surface area contributed by atoms with Crippen LogP contribution in [-0.2, 0) is 6.61 Å². The summed E-state index contributed by atoms with van der Waals surface area (Å²) in [6, 6.07) is 16.9. The van der Waals surface area contributed by atoms with Crippen molar-refractivity contribution in [3.8, 4) is 11.5 Å². The summed E-state index contributed by atoms with van der Waals surface area (Å²) in [4.78, 5) is 15.1. The molecule has 0 unspecified atom stereocenters. The van der Waals surface area contributed by atoms with Gasteiger partial charge in [-0.05, 0) is 49.5 Å². The van der Waals surface area contributed by atoms with E-state index in [4.69, 9.17) is 26.2 Å². The van der Waals surface area contributed by atoms with E-state index in [1.54, 1.807) is 12.3 Å². The molecule has 0 radical (unpaired) electrons. The van der Waals surface area contributed by atoms with Crippen molar-refractivity contribution in [2.75, 3.05) is 38.7 Å². The molecule has 0 aliphatic heterocycles. The molecular formula is C25H26ClN5O3. The number of aliphatic hydroxyl groups is 1. The summed E-state index contributed by atoms with van der Waals surface area (Å²) in [5.74, 6) is 1.86. The summed E-state index contributed by atoms with van der Waals surface area (Å²) in [7, 11) is 1.94. The van der Waals surface area contributed by atoms with E-state index < -0.39 is 0 Å². The van der Waals surface area contributed by atoms with E-state index in [0.29, 0.717) is 48.6 Å². The molecule has 2 aromatic carbocycles. The van der Waals surface area contributed by atoms with E-state index in [1.807, 2.05) is 60.5 Å². The number of aliphatic hydroxyl groups excluding tert-OH is 1. The highest BCUT2D eigenvalue weighted by Gasteiger charge is 2.12. The maximum atomic E-state index is 9.06. The highest BCUT2D eigenvalue weighted by Crippen LogP contribution is 2.34. The number of aromatic nitrogens is 3. The number of likely N-dealkylation sites (N-methyl/N-ethyl adjacent to an activating group) is 1. The zero-order valence-electron chi connectivity index (χ0n) is 18.8. The van der Waals surface area contributed by atoms with Crippen LogP contribution >= 0.6 is 11.6 Å². The first-order valence-electron chi connectivity index (χ1n) is 10.9. The van der Waals surface area contributed by atoms with Gasteiger partial charge in [-0.2, -0.15) is 0 Å². The average molecular weight is 480 g/mol. The van der Waals surface area contributed by atoms with Crippen molar-refractivity contribution in [3.05, 3.63) is 77.8 Å². The lowest BCUT2D eigenvalue weighted by atomic mass is 10.2. The van der Waals surface area contributed by atoms with Gasteiger partial charge in [0.15, 0.2) is 0 Å². The molecule has 0 amide bonds. The summed E-state index contributed by atoms with van der Waals surface area (Å²) in [6.07, 6.45) is 3.24. The smallest absolute Gasteiger partial charge is 0.145 e. The minimum absolute atomic E-state index is 0.113. The van der Waals surface area contributed by atoms with Crippen molar-refractivity contribution in [1.29, 1.82) is 0 Å². The molecule has 2 heterocycles. The molecule has 0 aliphatic rings. The van der Waals surface area contributed by atoms with Crippen molar-refractivity contribution < 1.29 is 14.6 Å². The maximum absolute atomic E-state index is 9.06. The number of hydrogen-bond donors (Lipinski definition) is 2. The SMILES string of the molecule is CN(CCO)CCOc1cccc2ncnc(Nc3ccc(OCc4ccccn4)c(Cl)c3)c12. The standard InChI is InChI=1S/C25H26ClN5O3/c1-31(11-13-32)12-14-33-23-7-4-6-21-24(23)25(29-17-28-21)30-18-8-9-22(20(26)15-18)34-16-19-5-2-3-10-27-19/h2-10,15,17,32H,11-14,16H2,1H3,(H,28,29,30). The molecule has 8 nitrogen and oxygen atoms in total. The molecule has 2 N–H and O–H groups in total.